The number of thioether (sulfide) groups is 1. The molecule has 1 aliphatic rings. The SMILES string of the molecule is CSC(C#N)C(=O)C(C)Oc1ccc(Oc2nc3c([nH]2)=CCC(CF)N=3)cc1. The summed E-state index contributed by atoms with van der Waals surface area (Å²) in [6, 6.07) is 8.51. The van der Waals surface area contributed by atoms with Crippen molar-refractivity contribution in [2.24, 2.45) is 4.99 Å². The number of hydrogen-bond acceptors (Lipinski definition) is 7. The molecule has 1 N–H and O–H groups in total. The molecule has 2 aromatic rings. The van der Waals surface area contributed by atoms with Crippen LogP contribution in [0.25, 0.3) is 6.08 Å². The number of hydrogen-bond donors (Lipinski definition) is 1. The molecule has 0 radical (unpaired) electrons. The van der Waals surface area contributed by atoms with Crippen LogP contribution >= 0.6 is 11.8 Å². The summed E-state index contributed by atoms with van der Waals surface area (Å²) >= 11 is 1.18. The van der Waals surface area contributed by atoms with Crippen molar-refractivity contribution >= 4 is 23.6 Å². The van der Waals surface area contributed by atoms with Crippen molar-refractivity contribution in [3.63, 3.8) is 0 Å². The van der Waals surface area contributed by atoms with Gasteiger partial charge in [0.1, 0.15) is 18.2 Å². The van der Waals surface area contributed by atoms with E-state index in [1.807, 2.05) is 12.1 Å². The van der Waals surface area contributed by atoms with Crippen molar-refractivity contribution in [3.05, 3.63) is 35.1 Å². The van der Waals surface area contributed by atoms with E-state index >= 15 is 0 Å². The van der Waals surface area contributed by atoms with Crippen LogP contribution in [0.5, 0.6) is 17.5 Å². The smallest absolute Gasteiger partial charge is 0.301 e. The molecular weight excluding hydrogens is 383 g/mol. The maximum atomic E-state index is 12.8. The number of aromatic amines is 1. The number of halogens is 1. The Bertz CT molecular complexity index is 1000. The Morgan fingerprint density at radius 3 is 2.79 bits per heavy atom. The molecule has 0 saturated carbocycles. The van der Waals surface area contributed by atoms with Gasteiger partial charge in [-0.15, -0.1) is 11.8 Å². The summed E-state index contributed by atoms with van der Waals surface area (Å²) in [5.74, 6) is 0.723. The zero-order chi connectivity index (χ0) is 20.1. The Kier molecular flexibility index (Phi) is 6.31. The van der Waals surface area contributed by atoms with Crippen LogP contribution in [0.1, 0.15) is 13.3 Å². The highest BCUT2D eigenvalue weighted by molar-refractivity contribution is 8.00. The number of carbonyl (C=O) groups excluding carboxylic acids is 1. The van der Waals surface area contributed by atoms with Crippen molar-refractivity contribution in [1.29, 1.82) is 5.26 Å². The van der Waals surface area contributed by atoms with Gasteiger partial charge in [0, 0.05) is 0 Å². The average Bonchev–Trinajstić information content (AvgIpc) is 3.11. The predicted octanol–water partition coefficient (Wildman–Crippen LogP) is 1.94. The molecule has 3 unspecified atom stereocenters. The van der Waals surface area contributed by atoms with Gasteiger partial charge in [0.2, 0.25) is 0 Å². The second-order valence-electron chi connectivity index (χ2n) is 6.14. The van der Waals surface area contributed by atoms with Crippen LogP contribution in [-0.2, 0) is 4.79 Å². The molecular formula is C19H19FN4O3S. The molecule has 0 spiro atoms. The second kappa shape index (κ2) is 8.89. The highest BCUT2D eigenvalue weighted by Gasteiger charge is 2.24. The molecule has 2 heterocycles. The third-order valence-corrected chi connectivity index (χ3v) is 4.94. The van der Waals surface area contributed by atoms with Gasteiger partial charge in [-0.3, -0.25) is 9.79 Å². The van der Waals surface area contributed by atoms with E-state index in [2.05, 4.69) is 15.0 Å². The van der Waals surface area contributed by atoms with Gasteiger partial charge in [0.05, 0.1) is 17.5 Å². The standard InChI is InChI=1S/C19H19FN4O3S/c1-11(17(25)16(10-21)28-2)26-13-4-6-14(7-5-13)27-19-23-15-8-3-12(9-20)22-18(15)24-19/h4-8,11-12,16H,3,9H2,1-2H3,(H,22,23,24). The number of aromatic nitrogens is 2. The van der Waals surface area contributed by atoms with E-state index in [1.54, 1.807) is 37.4 Å². The first kappa shape index (κ1) is 19.9. The molecule has 3 atom stereocenters. The summed E-state index contributed by atoms with van der Waals surface area (Å²) in [5, 5.41) is 8.94. The maximum absolute atomic E-state index is 12.8. The second-order valence-corrected chi connectivity index (χ2v) is 7.08. The summed E-state index contributed by atoms with van der Waals surface area (Å²) < 4.78 is 24.0. The molecule has 1 aromatic carbocycles. The summed E-state index contributed by atoms with van der Waals surface area (Å²) in [6.07, 6.45) is 3.35. The Labute approximate surface area is 165 Å². The Morgan fingerprint density at radius 2 is 2.14 bits per heavy atom. The van der Waals surface area contributed by atoms with Gasteiger partial charge in [0.15, 0.2) is 22.6 Å². The van der Waals surface area contributed by atoms with Crippen LogP contribution in [0.2, 0.25) is 0 Å². The number of alkyl halides is 1. The van der Waals surface area contributed by atoms with Crippen molar-refractivity contribution < 1.29 is 18.7 Å². The number of ketones is 1. The number of Topliss-reactive ketones (excluding diaryl/α,β-unsaturated/α-hetero) is 1. The predicted molar refractivity (Wildman–Crippen MR) is 103 cm³/mol. The first-order valence-electron chi connectivity index (χ1n) is 8.64. The Hall–Kier alpha value is -2.86. The molecule has 7 nitrogen and oxygen atoms in total. The zero-order valence-electron chi connectivity index (χ0n) is 15.4. The van der Waals surface area contributed by atoms with E-state index in [-0.39, 0.29) is 11.8 Å². The molecule has 0 saturated heterocycles. The largest absolute Gasteiger partial charge is 0.483 e. The van der Waals surface area contributed by atoms with E-state index in [1.165, 1.54) is 11.8 Å². The lowest BCUT2D eigenvalue weighted by molar-refractivity contribution is -0.123. The first-order valence-corrected chi connectivity index (χ1v) is 9.93. The first-order chi connectivity index (χ1) is 13.5. The van der Waals surface area contributed by atoms with Crippen molar-refractivity contribution in [3.8, 4) is 23.6 Å². The van der Waals surface area contributed by atoms with E-state index < -0.39 is 24.1 Å². The van der Waals surface area contributed by atoms with Gasteiger partial charge in [0.25, 0.3) is 0 Å². The van der Waals surface area contributed by atoms with Gasteiger partial charge in [-0.05, 0) is 43.9 Å². The number of imidazole rings is 1. The van der Waals surface area contributed by atoms with Crippen LogP contribution in [0.3, 0.4) is 0 Å². The zero-order valence-corrected chi connectivity index (χ0v) is 16.2. The van der Waals surface area contributed by atoms with Gasteiger partial charge >= 0.3 is 6.01 Å². The summed E-state index contributed by atoms with van der Waals surface area (Å²) in [6.45, 7) is 1.10. The number of rotatable bonds is 8. The highest BCUT2D eigenvalue weighted by Crippen LogP contribution is 2.22. The normalized spacial score (nSPS) is 17.3. The molecule has 0 amide bonds. The minimum Gasteiger partial charge on any atom is -0.483 e. The van der Waals surface area contributed by atoms with Crippen LogP contribution in [0, 0.1) is 11.3 Å². The molecule has 1 aromatic heterocycles. The average molecular weight is 402 g/mol. The van der Waals surface area contributed by atoms with Crippen molar-refractivity contribution in [1.82, 2.24) is 9.97 Å². The monoisotopic (exact) mass is 402 g/mol. The number of nitrogens with zero attached hydrogens (tertiary/aromatic N) is 3. The molecule has 9 heteroatoms. The van der Waals surface area contributed by atoms with Crippen LogP contribution in [-0.4, -0.2) is 46.1 Å². The van der Waals surface area contributed by atoms with Crippen LogP contribution in [0.4, 0.5) is 4.39 Å². The van der Waals surface area contributed by atoms with E-state index in [0.717, 1.165) is 0 Å². The highest BCUT2D eigenvalue weighted by atomic mass is 32.2. The number of H-pyrrole nitrogens is 1. The Morgan fingerprint density at radius 1 is 1.43 bits per heavy atom. The summed E-state index contributed by atoms with van der Waals surface area (Å²) in [7, 11) is 0. The molecule has 0 fully saturated rings. The number of nitrogens with one attached hydrogen (secondary N) is 1. The minimum absolute atomic E-state index is 0.263. The maximum Gasteiger partial charge on any atom is 0.301 e. The third-order valence-electron chi connectivity index (χ3n) is 4.13. The number of fused-ring (bicyclic) bond motifs is 1. The molecule has 3 rings (SSSR count). The fourth-order valence-corrected chi connectivity index (χ4v) is 3.16. The lowest BCUT2D eigenvalue weighted by Crippen LogP contribution is -2.32. The fourth-order valence-electron chi connectivity index (χ4n) is 2.63. The topological polar surface area (TPSA) is 100 Å². The molecule has 28 heavy (non-hydrogen) atoms. The number of benzene rings is 1. The lowest BCUT2D eigenvalue weighted by Gasteiger charge is -2.15. The number of ether oxygens (including phenoxy) is 2. The molecule has 0 bridgehead atoms. The summed E-state index contributed by atoms with van der Waals surface area (Å²) in [5.41, 5.74) is 0.442. The minimum atomic E-state index is -0.748. The number of nitriles is 1. The van der Waals surface area contributed by atoms with Crippen molar-refractivity contribution in [2.45, 2.75) is 30.7 Å². The van der Waals surface area contributed by atoms with E-state index in [0.29, 0.717) is 28.8 Å². The van der Waals surface area contributed by atoms with E-state index in [4.69, 9.17) is 14.7 Å². The Balaban J connectivity index is 1.65. The molecule has 1 aliphatic heterocycles. The van der Waals surface area contributed by atoms with Crippen LogP contribution < -0.4 is 20.3 Å². The molecule has 0 aliphatic carbocycles. The molecule has 146 valence electrons. The third kappa shape index (κ3) is 4.51. The lowest BCUT2D eigenvalue weighted by atomic mass is 10.2. The van der Waals surface area contributed by atoms with Gasteiger partial charge in [-0.2, -0.15) is 10.2 Å². The van der Waals surface area contributed by atoms with Crippen molar-refractivity contribution in [2.75, 3.05) is 12.9 Å². The summed E-state index contributed by atoms with van der Waals surface area (Å²) in [4.78, 5) is 23.6. The van der Waals surface area contributed by atoms with Gasteiger partial charge < -0.3 is 14.5 Å². The quantitative estimate of drug-likeness (QED) is 0.724. The van der Waals surface area contributed by atoms with Gasteiger partial charge in [-0.25, -0.2) is 4.39 Å². The van der Waals surface area contributed by atoms with Crippen LogP contribution in [0.15, 0.2) is 29.3 Å². The van der Waals surface area contributed by atoms with Gasteiger partial charge in [-0.1, -0.05) is 6.08 Å². The number of carbonyl (C=O) groups is 1. The van der Waals surface area contributed by atoms with E-state index in [9.17, 15) is 9.18 Å². The fraction of sp³-hybridized carbons (Fsp3) is 0.368.